The molecule has 1 saturated carbocycles. The van der Waals surface area contributed by atoms with Crippen molar-refractivity contribution < 1.29 is 13.2 Å². The largest absolute Gasteiger partial charge is 0.384 e. The molecule has 31 heavy (non-hydrogen) atoms. The molecule has 9 heteroatoms. The Morgan fingerprint density at radius 3 is 2.77 bits per heavy atom. The van der Waals surface area contributed by atoms with E-state index in [-0.39, 0.29) is 11.7 Å². The average molecular weight is 444 g/mol. The van der Waals surface area contributed by atoms with E-state index in [1.54, 1.807) is 30.1 Å². The first-order valence-corrected chi connectivity index (χ1v) is 12.7. The van der Waals surface area contributed by atoms with Gasteiger partial charge in [0.15, 0.2) is 5.65 Å². The first kappa shape index (κ1) is 20.8. The van der Waals surface area contributed by atoms with Gasteiger partial charge in [0.2, 0.25) is 10.0 Å². The van der Waals surface area contributed by atoms with Gasteiger partial charge in [0.1, 0.15) is 0 Å². The second-order valence-electron chi connectivity index (χ2n) is 8.98. The Bertz CT molecular complexity index is 1170. The molecule has 4 heterocycles. The van der Waals surface area contributed by atoms with Crippen molar-refractivity contribution in [2.24, 2.45) is 11.8 Å². The van der Waals surface area contributed by atoms with Gasteiger partial charge in [0.25, 0.3) is 0 Å². The van der Waals surface area contributed by atoms with E-state index in [1.807, 2.05) is 6.07 Å². The third kappa shape index (κ3) is 4.06. The number of rotatable bonds is 6. The molecule has 5 rings (SSSR count). The van der Waals surface area contributed by atoms with E-state index >= 15 is 0 Å². The van der Waals surface area contributed by atoms with Gasteiger partial charge in [-0.2, -0.15) is 0 Å². The minimum atomic E-state index is -3.21. The van der Waals surface area contributed by atoms with Gasteiger partial charge in [-0.05, 0) is 55.9 Å². The molecular formula is C22H29N5O3S. The molecule has 1 unspecified atom stereocenters. The summed E-state index contributed by atoms with van der Waals surface area (Å²) >= 11 is 0. The summed E-state index contributed by atoms with van der Waals surface area (Å²) in [5, 5.41) is 2.13. The van der Waals surface area contributed by atoms with Crippen LogP contribution in [0, 0.1) is 11.8 Å². The number of ether oxygens (including phenoxy) is 1. The minimum absolute atomic E-state index is 0.220. The van der Waals surface area contributed by atoms with Crippen LogP contribution >= 0.6 is 0 Å². The molecule has 0 spiro atoms. The highest BCUT2D eigenvalue weighted by molar-refractivity contribution is 7.89. The van der Waals surface area contributed by atoms with Crippen molar-refractivity contribution in [2.45, 2.75) is 38.0 Å². The van der Waals surface area contributed by atoms with Crippen LogP contribution < -0.4 is 0 Å². The van der Waals surface area contributed by atoms with E-state index in [0.717, 1.165) is 54.0 Å². The average Bonchev–Trinajstić information content (AvgIpc) is 3.44. The van der Waals surface area contributed by atoms with Crippen LogP contribution in [0.2, 0.25) is 0 Å². The summed E-state index contributed by atoms with van der Waals surface area (Å²) in [4.78, 5) is 16.6. The van der Waals surface area contributed by atoms with Gasteiger partial charge in [-0.1, -0.05) is 0 Å². The zero-order chi connectivity index (χ0) is 21.4. The fraction of sp³-hybridized carbons (Fsp3) is 0.591. The Balaban J connectivity index is 1.28. The molecule has 3 aromatic rings. The summed E-state index contributed by atoms with van der Waals surface area (Å²) in [6, 6.07) is 1.99. The van der Waals surface area contributed by atoms with Crippen LogP contribution in [0.15, 0.2) is 24.8 Å². The molecule has 0 radical (unpaired) electrons. The molecule has 1 N–H and O–H groups in total. The SMILES string of the molecule is COCC1CCN(S(=O)(=O)CC2CCC(c3[nH]cnc4cnc5nccc5c34)CC2)C1. The van der Waals surface area contributed by atoms with Crippen LogP contribution in [0.5, 0.6) is 0 Å². The highest BCUT2D eigenvalue weighted by Gasteiger charge is 2.34. The number of hydrogen-bond donors (Lipinski definition) is 1. The quantitative estimate of drug-likeness (QED) is 0.628. The Kier molecular flexibility index (Phi) is 5.66. The fourth-order valence-corrected chi connectivity index (χ4v) is 7.30. The molecule has 1 saturated heterocycles. The van der Waals surface area contributed by atoms with Gasteiger partial charge in [-0.3, -0.25) is 0 Å². The minimum Gasteiger partial charge on any atom is -0.384 e. The molecule has 0 aromatic carbocycles. The van der Waals surface area contributed by atoms with Crippen molar-refractivity contribution in [2.75, 3.05) is 32.6 Å². The maximum Gasteiger partial charge on any atom is 0.214 e. The standard InChI is InChI=1S/C22H29N5O3S/c1-30-12-16-7-9-27(11-16)31(28,29)13-15-2-4-17(5-3-15)21-20-18-6-8-23-22(18)24-10-19(20)25-14-26-21/h6,8,10,14-17H,2-5,7,9,11-13H2,1H3,(H,25,26). The monoisotopic (exact) mass is 443 g/mol. The van der Waals surface area contributed by atoms with Crippen LogP contribution in [0.1, 0.15) is 43.7 Å². The number of pyridine rings is 1. The topological polar surface area (TPSA) is 101 Å². The van der Waals surface area contributed by atoms with Gasteiger partial charge in [0.05, 0.1) is 30.4 Å². The fourth-order valence-electron chi connectivity index (χ4n) is 5.34. The predicted octanol–water partition coefficient (Wildman–Crippen LogP) is 3.08. The highest BCUT2D eigenvalue weighted by Crippen LogP contribution is 2.39. The van der Waals surface area contributed by atoms with E-state index in [1.165, 1.54) is 5.69 Å². The van der Waals surface area contributed by atoms with E-state index in [9.17, 15) is 8.42 Å². The van der Waals surface area contributed by atoms with Gasteiger partial charge >= 0.3 is 0 Å². The van der Waals surface area contributed by atoms with Gasteiger partial charge in [-0.15, -0.1) is 0 Å². The lowest BCUT2D eigenvalue weighted by atomic mass is 9.80. The number of H-pyrrole nitrogens is 1. The maximum atomic E-state index is 13.0. The number of sulfonamides is 1. The molecule has 1 aliphatic carbocycles. The molecule has 2 aliphatic rings. The van der Waals surface area contributed by atoms with Crippen molar-refractivity contribution in [3.63, 3.8) is 0 Å². The molecule has 0 amide bonds. The van der Waals surface area contributed by atoms with E-state index < -0.39 is 10.0 Å². The molecular weight excluding hydrogens is 414 g/mol. The van der Waals surface area contributed by atoms with Crippen LogP contribution in [-0.4, -0.2) is 65.2 Å². The van der Waals surface area contributed by atoms with Crippen LogP contribution in [0.3, 0.4) is 0 Å². The molecule has 3 aromatic heterocycles. The summed E-state index contributed by atoms with van der Waals surface area (Å²) in [5.41, 5.74) is 2.79. The molecule has 1 aliphatic heterocycles. The highest BCUT2D eigenvalue weighted by atomic mass is 32.2. The Hall–Kier alpha value is -2.10. The molecule has 0 bridgehead atoms. The van der Waals surface area contributed by atoms with Crippen molar-refractivity contribution in [1.82, 2.24) is 24.2 Å². The van der Waals surface area contributed by atoms with Crippen LogP contribution in [-0.2, 0) is 14.8 Å². The smallest absolute Gasteiger partial charge is 0.214 e. The number of fused-ring (bicyclic) bond motifs is 3. The summed E-state index contributed by atoms with van der Waals surface area (Å²) in [6.45, 7) is 1.86. The first-order chi connectivity index (χ1) is 15.0. The van der Waals surface area contributed by atoms with Crippen molar-refractivity contribution in [3.8, 4) is 0 Å². The summed E-state index contributed by atoms with van der Waals surface area (Å²) in [5.74, 6) is 1.17. The van der Waals surface area contributed by atoms with Gasteiger partial charge < -0.3 is 9.72 Å². The van der Waals surface area contributed by atoms with Crippen molar-refractivity contribution >= 4 is 32.0 Å². The Morgan fingerprint density at radius 2 is 1.97 bits per heavy atom. The third-order valence-corrected chi connectivity index (χ3v) is 8.96. The van der Waals surface area contributed by atoms with E-state index in [4.69, 9.17) is 4.74 Å². The Morgan fingerprint density at radius 1 is 1.13 bits per heavy atom. The normalized spacial score (nSPS) is 25.5. The number of aromatic nitrogens is 4. The lowest BCUT2D eigenvalue weighted by Gasteiger charge is -2.30. The maximum absolute atomic E-state index is 13.0. The summed E-state index contributed by atoms with van der Waals surface area (Å²) in [7, 11) is -1.53. The molecule has 166 valence electrons. The van der Waals surface area contributed by atoms with Gasteiger partial charge in [0, 0.05) is 42.9 Å². The van der Waals surface area contributed by atoms with Gasteiger partial charge in [-0.25, -0.2) is 27.7 Å². The Labute approximate surface area is 182 Å². The predicted molar refractivity (Wildman–Crippen MR) is 119 cm³/mol. The zero-order valence-electron chi connectivity index (χ0n) is 17.8. The van der Waals surface area contributed by atoms with Crippen LogP contribution in [0.4, 0.5) is 0 Å². The second kappa shape index (κ2) is 8.44. The lowest BCUT2D eigenvalue weighted by Crippen LogP contribution is -2.35. The molecule has 8 nitrogen and oxygen atoms in total. The van der Waals surface area contributed by atoms with Crippen molar-refractivity contribution in [3.05, 3.63) is 30.5 Å². The van der Waals surface area contributed by atoms with E-state index in [0.29, 0.717) is 31.5 Å². The summed E-state index contributed by atoms with van der Waals surface area (Å²) < 4.78 is 32.8. The zero-order valence-corrected chi connectivity index (χ0v) is 18.6. The first-order valence-electron chi connectivity index (χ1n) is 11.1. The second-order valence-corrected chi connectivity index (χ2v) is 11.0. The number of aromatic amines is 1. The van der Waals surface area contributed by atoms with Crippen molar-refractivity contribution in [1.29, 1.82) is 0 Å². The molecule has 2 fully saturated rings. The number of nitrogens with zero attached hydrogens (tertiary/aromatic N) is 4. The summed E-state index contributed by atoms with van der Waals surface area (Å²) in [6.07, 6.45) is 9.99. The number of hydrogen-bond acceptors (Lipinski definition) is 6. The third-order valence-electron chi connectivity index (χ3n) is 6.95. The van der Waals surface area contributed by atoms with E-state index in [2.05, 4.69) is 19.9 Å². The lowest BCUT2D eigenvalue weighted by molar-refractivity contribution is 0.157. The number of methoxy groups -OCH3 is 1. The molecule has 1 atom stereocenters. The number of nitrogens with one attached hydrogen (secondary N) is 1. The van der Waals surface area contributed by atoms with Crippen LogP contribution in [0.25, 0.3) is 21.9 Å².